The van der Waals surface area contributed by atoms with Gasteiger partial charge in [-0.3, -0.25) is 15.0 Å². The lowest BCUT2D eigenvalue weighted by Gasteiger charge is -2.31. The zero-order chi connectivity index (χ0) is 74.4. The second kappa shape index (κ2) is 24.8. The SMILES string of the molecule is C1=CN2c3c(cccc3N3c4ccccc4CC23)C1.C1=CN2c3c(cccc3N3c4ccccc4CC23)O1.C1=CN2c3c(cccc3N3c4ccncc4CC23)C1.C1=CN2c3c(cccc3N3c4ccncc4CC23)O1.c1cc2c3c(c1)N1c4ccncc4CC1N3CCO2.c1ccc2c(c1)CC1N3CCOc4cccc(c43)N21. The van der Waals surface area contributed by atoms with Crippen LogP contribution in [-0.4, -0.2) is 78.2 Å². The van der Waals surface area contributed by atoms with E-state index < -0.39 is 0 Å². The molecule has 6 atom stereocenters. The van der Waals surface area contributed by atoms with Gasteiger partial charge in [-0.05, 0) is 154 Å². The third-order valence-electron chi connectivity index (χ3n) is 25.9. The monoisotopic (exact) mass is 1490 g/mol. The fraction of sp³-hybridized carbons (Fsp3) is 0.189. The largest absolute Gasteiger partial charge is 0.489 e. The minimum absolute atomic E-state index is 0.315. The fourth-order valence-electron chi connectivity index (χ4n) is 21.4. The summed E-state index contributed by atoms with van der Waals surface area (Å²) in [7, 11) is 0. The Morgan fingerprint density at radius 1 is 0.254 bits per heavy atom. The molecule has 0 saturated carbocycles. The Balaban J connectivity index is 0.0000000771. The predicted octanol–water partition coefficient (Wildman–Crippen LogP) is 18.0. The maximum Gasteiger partial charge on any atom is 0.152 e. The van der Waals surface area contributed by atoms with E-state index in [2.05, 4.69) is 280 Å². The number of fused-ring (bicyclic) bond motifs is 30. The summed E-state index contributed by atoms with van der Waals surface area (Å²) in [5.41, 5.74) is 34.6. The zero-order valence-corrected chi connectivity index (χ0v) is 62.4. The fourth-order valence-corrected chi connectivity index (χ4v) is 21.4. The standard InChI is InChI=1S/C17H14N2.C16H13N3.C16H14N2O.C16H12N2O.C15H13N3O.C15H11N3O/c1-2-8-14-13(5-1)11-16-18-10-4-7-12-6-3-9-15(17(12)18)19(14)16;1-3-11-4-2-8-18-15-9-12-10-17-7-6-13(12)19(15)14(5-1)16(11)18;2*1-2-5-12-11(4-1)10-15-17-8-9-19-14-7-3-6-13(16(14)17)18(12)15;2*1-2-12-15-13(3-1)19-7-6-17(15)14-8-10-9-16-5-4-11(10)18(12)14/h1-6,8-10,16H,7,11H2;1-3,5-8,10,15H,4,9H2;1-7,15H,8-10H2;1-9,15H,10H2;1-5,9,14H,6-8H2;1-7,9,14H,8H2. The van der Waals surface area contributed by atoms with Crippen molar-refractivity contribution in [2.24, 2.45) is 0 Å². The molecule has 0 saturated heterocycles. The van der Waals surface area contributed by atoms with Gasteiger partial charge in [0.25, 0.3) is 0 Å². The van der Waals surface area contributed by atoms with Crippen LogP contribution in [-0.2, 0) is 51.4 Å². The van der Waals surface area contributed by atoms with E-state index in [1.807, 2.05) is 67.8 Å². The summed E-state index contributed by atoms with van der Waals surface area (Å²) in [6, 6.07) is 71.1. The van der Waals surface area contributed by atoms with Crippen molar-refractivity contribution in [3.05, 3.63) is 331 Å². The molecule has 19 nitrogen and oxygen atoms in total. The number of nitrogens with zero attached hydrogens (tertiary/aromatic N) is 15. The summed E-state index contributed by atoms with van der Waals surface area (Å²) in [6.45, 7) is 3.51. The van der Waals surface area contributed by atoms with Crippen LogP contribution in [0, 0.1) is 0 Å². The molecule has 6 unspecified atom stereocenters. The molecule has 0 spiro atoms. The Labute approximate surface area is 660 Å². The molecule has 0 fully saturated rings. The van der Waals surface area contributed by atoms with E-state index in [-0.39, 0.29) is 0 Å². The van der Waals surface area contributed by atoms with Gasteiger partial charge in [0.1, 0.15) is 97.0 Å². The lowest BCUT2D eigenvalue weighted by Crippen LogP contribution is -2.42. The number of hydrogen-bond donors (Lipinski definition) is 0. The van der Waals surface area contributed by atoms with Gasteiger partial charge in [-0.1, -0.05) is 115 Å². The second-order valence-corrected chi connectivity index (χ2v) is 31.5. The van der Waals surface area contributed by atoms with Gasteiger partial charge < -0.3 is 77.7 Å². The molecule has 19 heteroatoms. The Bertz CT molecular complexity index is 5540. The molecule has 3 aromatic heterocycles. The normalized spacial score (nSPS) is 21.4. The minimum atomic E-state index is 0.315. The van der Waals surface area contributed by atoms with Crippen molar-refractivity contribution in [1.29, 1.82) is 0 Å². The highest BCUT2D eigenvalue weighted by Crippen LogP contribution is 2.61. The molecular formula is C95H77N15O4. The first-order valence-electron chi connectivity index (χ1n) is 40.1. The number of aromatic nitrogens is 3. The van der Waals surface area contributed by atoms with Crippen molar-refractivity contribution < 1.29 is 18.9 Å². The number of anilines is 18. The number of para-hydroxylation sites is 9. The van der Waals surface area contributed by atoms with Gasteiger partial charge in [-0.2, -0.15) is 0 Å². The quantitative estimate of drug-likeness (QED) is 0.143. The third-order valence-corrected chi connectivity index (χ3v) is 25.9. The number of allylic oxidation sites excluding steroid dienone is 2. The van der Waals surface area contributed by atoms with E-state index in [9.17, 15) is 0 Å². The average molecular weight is 1490 g/mol. The highest BCUT2D eigenvalue weighted by atomic mass is 16.5. The van der Waals surface area contributed by atoms with Crippen LogP contribution in [0.4, 0.5) is 102 Å². The zero-order valence-electron chi connectivity index (χ0n) is 62.4. The van der Waals surface area contributed by atoms with Crippen molar-refractivity contribution >= 4 is 102 Å². The van der Waals surface area contributed by atoms with Crippen LogP contribution >= 0.6 is 0 Å². The molecule has 0 amide bonds. The summed E-state index contributed by atoms with van der Waals surface area (Å²) in [5.74, 6) is 3.95. The maximum atomic E-state index is 5.80. The van der Waals surface area contributed by atoms with Gasteiger partial charge in [0.15, 0.2) is 11.5 Å². The second-order valence-electron chi connectivity index (χ2n) is 31.5. The molecule has 18 aliphatic rings. The molecule has 114 heavy (non-hydrogen) atoms. The third kappa shape index (κ3) is 9.28. The molecule has 9 aromatic carbocycles. The van der Waals surface area contributed by atoms with Gasteiger partial charge in [0, 0.05) is 135 Å². The summed E-state index contributed by atoms with van der Waals surface area (Å²) in [5, 5.41) is 0. The number of benzene rings is 9. The molecule has 0 N–H and O–H groups in total. The van der Waals surface area contributed by atoms with Crippen molar-refractivity contribution in [1.82, 2.24) is 15.0 Å². The van der Waals surface area contributed by atoms with Gasteiger partial charge in [0.2, 0.25) is 0 Å². The molecule has 0 radical (unpaired) electrons. The van der Waals surface area contributed by atoms with Crippen LogP contribution < -0.4 is 77.7 Å². The molecule has 18 aliphatic heterocycles. The Morgan fingerprint density at radius 3 is 0.965 bits per heavy atom. The van der Waals surface area contributed by atoms with E-state index >= 15 is 0 Å². The van der Waals surface area contributed by atoms with Gasteiger partial charge in [-0.25, -0.2) is 0 Å². The summed E-state index contributed by atoms with van der Waals surface area (Å²) in [6.07, 6.45) is 39.0. The molecule has 21 heterocycles. The van der Waals surface area contributed by atoms with Crippen LogP contribution in [0.2, 0.25) is 0 Å². The van der Waals surface area contributed by atoms with Crippen molar-refractivity contribution in [2.75, 3.05) is 85.1 Å². The van der Waals surface area contributed by atoms with Gasteiger partial charge >= 0.3 is 0 Å². The molecule has 0 bridgehead atoms. The highest BCUT2D eigenvalue weighted by Gasteiger charge is 2.51. The van der Waals surface area contributed by atoms with E-state index in [1.54, 1.807) is 12.5 Å². The highest BCUT2D eigenvalue weighted by molar-refractivity contribution is 5.97. The molecule has 556 valence electrons. The van der Waals surface area contributed by atoms with E-state index in [1.165, 1.54) is 147 Å². The number of ether oxygens (including phenoxy) is 4. The summed E-state index contributed by atoms with van der Waals surface area (Å²) in [4.78, 5) is 41.9. The molecule has 30 rings (SSSR count). The van der Waals surface area contributed by atoms with Crippen LogP contribution in [0.5, 0.6) is 23.0 Å². The minimum Gasteiger partial charge on any atom is -0.489 e. The summed E-state index contributed by atoms with van der Waals surface area (Å²) >= 11 is 0. The van der Waals surface area contributed by atoms with E-state index in [0.29, 0.717) is 37.0 Å². The van der Waals surface area contributed by atoms with Crippen LogP contribution in [0.3, 0.4) is 0 Å². The van der Waals surface area contributed by atoms with Gasteiger partial charge in [0.05, 0.1) is 58.6 Å². The molecule has 12 aromatic rings. The number of pyridine rings is 3. The Hall–Kier alpha value is -13.8. The Morgan fingerprint density at radius 2 is 0.553 bits per heavy atom. The smallest absolute Gasteiger partial charge is 0.152 e. The Kier molecular flexibility index (Phi) is 13.9. The summed E-state index contributed by atoms with van der Waals surface area (Å²) < 4.78 is 22.8. The first kappa shape index (κ1) is 63.9. The lowest BCUT2D eigenvalue weighted by molar-refractivity contribution is 0.305. The van der Waals surface area contributed by atoms with Gasteiger partial charge in [-0.15, -0.1) is 0 Å². The molecule has 0 aliphatic carbocycles. The average Bonchev–Trinajstić information content (AvgIpc) is 1.60. The van der Waals surface area contributed by atoms with Crippen LogP contribution in [0.15, 0.2) is 287 Å². The number of hydrogen-bond acceptors (Lipinski definition) is 19. The van der Waals surface area contributed by atoms with E-state index in [0.717, 1.165) is 101 Å². The topological polar surface area (TPSA) is 114 Å². The van der Waals surface area contributed by atoms with Crippen LogP contribution in [0.25, 0.3) is 0 Å². The van der Waals surface area contributed by atoms with Crippen LogP contribution in [0.1, 0.15) is 44.5 Å². The van der Waals surface area contributed by atoms with Crippen molar-refractivity contribution in [3.63, 3.8) is 0 Å². The van der Waals surface area contributed by atoms with Crippen molar-refractivity contribution in [3.8, 4) is 23.0 Å². The van der Waals surface area contributed by atoms with E-state index in [4.69, 9.17) is 18.9 Å². The first-order chi connectivity index (χ1) is 56.6. The number of rotatable bonds is 0. The first-order valence-corrected chi connectivity index (χ1v) is 40.1. The predicted molar refractivity (Wildman–Crippen MR) is 449 cm³/mol. The lowest BCUT2D eigenvalue weighted by atomic mass is 10.0. The van der Waals surface area contributed by atoms with Crippen molar-refractivity contribution in [2.45, 2.75) is 88.4 Å². The molecular weight excluding hydrogens is 1420 g/mol. The maximum absolute atomic E-state index is 5.80.